The molecule has 0 aromatic heterocycles. The fourth-order valence-electron chi connectivity index (χ4n) is 1.94. The quantitative estimate of drug-likeness (QED) is 0.835. The van der Waals surface area contributed by atoms with Crippen LogP contribution in [0.3, 0.4) is 0 Å². The SMILES string of the molecule is CC(=O)SCCC(=O)N[C@@H]1CCOC(C)(C)C1. The summed E-state index contributed by atoms with van der Waals surface area (Å²) in [7, 11) is 0. The molecule has 4 nitrogen and oxygen atoms in total. The van der Waals surface area contributed by atoms with Crippen LogP contribution in [0, 0.1) is 0 Å². The van der Waals surface area contributed by atoms with Crippen molar-refractivity contribution in [3.05, 3.63) is 0 Å². The minimum Gasteiger partial charge on any atom is -0.375 e. The Hall–Kier alpha value is -0.550. The fraction of sp³-hybridized carbons (Fsp3) is 0.833. The Morgan fingerprint density at radius 2 is 2.18 bits per heavy atom. The van der Waals surface area contributed by atoms with Gasteiger partial charge < -0.3 is 10.1 Å². The normalized spacial score (nSPS) is 23.1. The molecule has 98 valence electrons. The number of ether oxygens (including phenoxy) is 1. The summed E-state index contributed by atoms with van der Waals surface area (Å²) in [4.78, 5) is 22.3. The lowest BCUT2D eigenvalue weighted by atomic mass is 9.94. The Kier molecular flexibility index (Phi) is 5.46. The monoisotopic (exact) mass is 259 g/mol. The van der Waals surface area contributed by atoms with Crippen molar-refractivity contribution in [3.8, 4) is 0 Å². The van der Waals surface area contributed by atoms with Gasteiger partial charge in [0, 0.05) is 31.7 Å². The average Bonchev–Trinajstić information content (AvgIpc) is 2.14. The van der Waals surface area contributed by atoms with Crippen molar-refractivity contribution in [1.82, 2.24) is 5.32 Å². The summed E-state index contributed by atoms with van der Waals surface area (Å²) in [6, 6.07) is 0.202. The molecule has 1 heterocycles. The van der Waals surface area contributed by atoms with Gasteiger partial charge in [-0.05, 0) is 26.7 Å². The van der Waals surface area contributed by atoms with Crippen LogP contribution in [-0.2, 0) is 14.3 Å². The van der Waals surface area contributed by atoms with E-state index in [1.807, 2.05) is 13.8 Å². The van der Waals surface area contributed by atoms with Crippen molar-refractivity contribution < 1.29 is 14.3 Å². The second kappa shape index (κ2) is 6.40. The lowest BCUT2D eigenvalue weighted by Gasteiger charge is -2.35. The highest BCUT2D eigenvalue weighted by molar-refractivity contribution is 8.13. The van der Waals surface area contributed by atoms with Crippen LogP contribution in [0.2, 0.25) is 0 Å². The Labute approximate surface area is 107 Å². The molecule has 1 rings (SSSR count). The Balaban J connectivity index is 2.24. The van der Waals surface area contributed by atoms with Crippen molar-refractivity contribution >= 4 is 22.8 Å². The van der Waals surface area contributed by atoms with Gasteiger partial charge in [0.1, 0.15) is 0 Å². The Morgan fingerprint density at radius 3 is 2.76 bits per heavy atom. The number of thioether (sulfide) groups is 1. The van der Waals surface area contributed by atoms with Crippen LogP contribution in [0.15, 0.2) is 0 Å². The third kappa shape index (κ3) is 6.07. The number of amides is 1. The predicted molar refractivity (Wildman–Crippen MR) is 69.0 cm³/mol. The zero-order chi connectivity index (χ0) is 12.9. The number of hydrogen-bond donors (Lipinski definition) is 1. The topological polar surface area (TPSA) is 55.4 Å². The maximum absolute atomic E-state index is 11.6. The van der Waals surface area contributed by atoms with Crippen LogP contribution in [-0.4, -0.2) is 35.0 Å². The third-order valence-electron chi connectivity index (χ3n) is 2.70. The summed E-state index contributed by atoms with van der Waals surface area (Å²) >= 11 is 1.20. The minimum absolute atomic E-state index is 0.0291. The van der Waals surface area contributed by atoms with Gasteiger partial charge in [0.2, 0.25) is 5.91 Å². The third-order valence-corrected chi connectivity index (χ3v) is 3.51. The summed E-state index contributed by atoms with van der Waals surface area (Å²) in [5.74, 6) is 0.592. The first-order valence-corrected chi connectivity index (χ1v) is 6.94. The molecule has 0 unspecified atom stereocenters. The van der Waals surface area contributed by atoms with Crippen LogP contribution >= 0.6 is 11.8 Å². The average molecular weight is 259 g/mol. The zero-order valence-corrected chi connectivity index (χ0v) is 11.6. The van der Waals surface area contributed by atoms with E-state index in [4.69, 9.17) is 4.74 Å². The van der Waals surface area contributed by atoms with Crippen LogP contribution in [0.25, 0.3) is 0 Å². The number of nitrogens with one attached hydrogen (secondary N) is 1. The van der Waals surface area contributed by atoms with Crippen molar-refractivity contribution in [2.24, 2.45) is 0 Å². The lowest BCUT2D eigenvalue weighted by molar-refractivity contribution is -0.123. The lowest BCUT2D eigenvalue weighted by Crippen LogP contribution is -2.45. The van der Waals surface area contributed by atoms with Crippen LogP contribution in [0.5, 0.6) is 0 Å². The molecule has 1 aliphatic heterocycles. The first kappa shape index (κ1) is 14.5. The maximum Gasteiger partial charge on any atom is 0.221 e. The number of carbonyl (C=O) groups is 2. The van der Waals surface area contributed by atoms with E-state index in [-0.39, 0.29) is 22.7 Å². The van der Waals surface area contributed by atoms with E-state index < -0.39 is 0 Å². The number of rotatable bonds is 4. The first-order chi connectivity index (χ1) is 7.89. The van der Waals surface area contributed by atoms with Gasteiger partial charge in [-0.1, -0.05) is 11.8 Å². The van der Waals surface area contributed by atoms with Gasteiger partial charge in [-0.2, -0.15) is 0 Å². The molecule has 1 saturated heterocycles. The fourth-order valence-corrected chi connectivity index (χ4v) is 2.52. The molecule has 1 atom stereocenters. The summed E-state index contributed by atoms with van der Waals surface area (Å²) in [5.41, 5.74) is -0.148. The van der Waals surface area contributed by atoms with Gasteiger partial charge in [0.15, 0.2) is 5.12 Å². The molecule has 5 heteroatoms. The second-order valence-corrected chi connectivity index (χ2v) is 6.23. The van der Waals surface area contributed by atoms with Gasteiger partial charge in [0.25, 0.3) is 0 Å². The molecule has 17 heavy (non-hydrogen) atoms. The van der Waals surface area contributed by atoms with E-state index in [1.165, 1.54) is 18.7 Å². The van der Waals surface area contributed by atoms with E-state index in [9.17, 15) is 9.59 Å². The van der Waals surface area contributed by atoms with Crippen LogP contribution in [0.4, 0.5) is 0 Å². The molecule has 0 bridgehead atoms. The molecule has 0 aliphatic carbocycles. The summed E-state index contributed by atoms with van der Waals surface area (Å²) < 4.78 is 5.59. The zero-order valence-electron chi connectivity index (χ0n) is 10.7. The molecule has 1 amide bonds. The molecular formula is C12H21NO3S. The van der Waals surface area contributed by atoms with Gasteiger partial charge in [-0.3, -0.25) is 9.59 Å². The molecule has 0 aromatic rings. The maximum atomic E-state index is 11.6. The molecule has 0 saturated carbocycles. The molecule has 0 aromatic carbocycles. The van der Waals surface area contributed by atoms with E-state index in [1.54, 1.807) is 0 Å². The van der Waals surface area contributed by atoms with Gasteiger partial charge in [-0.15, -0.1) is 0 Å². The van der Waals surface area contributed by atoms with E-state index in [2.05, 4.69) is 5.32 Å². The van der Waals surface area contributed by atoms with Gasteiger partial charge >= 0.3 is 0 Å². The van der Waals surface area contributed by atoms with Crippen molar-refractivity contribution in [1.29, 1.82) is 0 Å². The minimum atomic E-state index is -0.148. The molecule has 1 aliphatic rings. The second-order valence-electron chi connectivity index (χ2n) is 4.96. The summed E-state index contributed by atoms with van der Waals surface area (Å²) in [5, 5.41) is 3.06. The van der Waals surface area contributed by atoms with E-state index in [0.29, 0.717) is 18.8 Å². The molecule has 1 fully saturated rings. The van der Waals surface area contributed by atoms with Crippen molar-refractivity contribution in [2.75, 3.05) is 12.4 Å². The highest BCUT2D eigenvalue weighted by atomic mass is 32.2. The number of hydrogen-bond acceptors (Lipinski definition) is 4. The summed E-state index contributed by atoms with van der Waals surface area (Å²) in [6.07, 6.45) is 2.12. The van der Waals surface area contributed by atoms with Gasteiger partial charge in [-0.25, -0.2) is 0 Å². The van der Waals surface area contributed by atoms with Crippen LogP contribution < -0.4 is 5.32 Å². The predicted octanol–water partition coefficient (Wildman–Crippen LogP) is 1.73. The van der Waals surface area contributed by atoms with Crippen LogP contribution in [0.1, 0.15) is 40.0 Å². The van der Waals surface area contributed by atoms with E-state index >= 15 is 0 Å². The molecule has 1 N–H and O–H groups in total. The molecule has 0 radical (unpaired) electrons. The van der Waals surface area contributed by atoms with Crippen molar-refractivity contribution in [3.63, 3.8) is 0 Å². The molecular weight excluding hydrogens is 238 g/mol. The Bertz CT molecular complexity index is 291. The first-order valence-electron chi connectivity index (χ1n) is 5.96. The highest BCUT2D eigenvalue weighted by Gasteiger charge is 2.29. The largest absolute Gasteiger partial charge is 0.375 e. The van der Waals surface area contributed by atoms with E-state index in [0.717, 1.165) is 12.8 Å². The number of carbonyl (C=O) groups excluding carboxylic acids is 2. The summed E-state index contributed by atoms with van der Waals surface area (Å²) in [6.45, 7) is 6.29. The standard InChI is InChI=1S/C12H21NO3S/c1-9(14)17-7-5-11(15)13-10-4-6-16-12(2,3)8-10/h10H,4-8H2,1-3H3,(H,13,15)/t10-/m1/s1. The van der Waals surface area contributed by atoms with Gasteiger partial charge in [0.05, 0.1) is 5.60 Å². The van der Waals surface area contributed by atoms with Crippen molar-refractivity contribution in [2.45, 2.75) is 51.7 Å². The highest BCUT2D eigenvalue weighted by Crippen LogP contribution is 2.23. The Morgan fingerprint density at radius 1 is 1.47 bits per heavy atom. The molecule has 0 spiro atoms. The smallest absolute Gasteiger partial charge is 0.221 e.